The molecule has 25 heavy (non-hydrogen) atoms. The number of halogens is 1. The van der Waals surface area contributed by atoms with Gasteiger partial charge in [0.15, 0.2) is 0 Å². The zero-order valence-electron chi connectivity index (χ0n) is 14.3. The molecule has 0 spiro atoms. The van der Waals surface area contributed by atoms with Crippen molar-refractivity contribution in [3.05, 3.63) is 34.9 Å². The Morgan fingerprint density at radius 2 is 1.80 bits per heavy atom. The number of carbonyl (C=O) groups is 3. The van der Waals surface area contributed by atoms with Crippen molar-refractivity contribution in [2.45, 2.75) is 45.2 Å². The molecule has 7 heteroatoms. The van der Waals surface area contributed by atoms with E-state index in [0.717, 1.165) is 0 Å². The van der Waals surface area contributed by atoms with Gasteiger partial charge in [-0.1, -0.05) is 25.4 Å². The van der Waals surface area contributed by atoms with Crippen LogP contribution in [-0.4, -0.2) is 35.0 Å². The summed E-state index contributed by atoms with van der Waals surface area (Å²) in [6.45, 7) is 3.70. The van der Waals surface area contributed by atoms with Gasteiger partial charge in [0, 0.05) is 16.6 Å². The fourth-order valence-corrected chi connectivity index (χ4v) is 3.11. The fraction of sp³-hybridized carbons (Fsp3) is 0.500. The van der Waals surface area contributed by atoms with Crippen LogP contribution in [0.1, 0.15) is 43.5 Å². The number of carboxylic acids is 1. The lowest BCUT2D eigenvalue weighted by molar-refractivity contribution is -0.141. The third kappa shape index (κ3) is 5.19. The van der Waals surface area contributed by atoms with Gasteiger partial charge in [0.25, 0.3) is 5.91 Å². The van der Waals surface area contributed by atoms with Crippen LogP contribution in [0.3, 0.4) is 0 Å². The maximum atomic E-state index is 12.5. The third-order valence-electron chi connectivity index (χ3n) is 4.47. The first-order valence-electron chi connectivity index (χ1n) is 8.37. The SMILES string of the molecule is CC(C)C(NC(=O)c1ccc(Cl)cc1)C(=O)N[C@H]1CC[C@@H](C(=O)O)C1. The Hall–Kier alpha value is -2.08. The summed E-state index contributed by atoms with van der Waals surface area (Å²) in [5, 5.41) is 15.2. The zero-order valence-corrected chi connectivity index (χ0v) is 15.0. The van der Waals surface area contributed by atoms with E-state index in [1.807, 2.05) is 13.8 Å². The second kappa shape index (κ2) is 8.34. The van der Waals surface area contributed by atoms with Gasteiger partial charge in [0.05, 0.1) is 5.92 Å². The third-order valence-corrected chi connectivity index (χ3v) is 4.72. The minimum Gasteiger partial charge on any atom is -0.481 e. The van der Waals surface area contributed by atoms with Gasteiger partial charge in [-0.3, -0.25) is 14.4 Å². The van der Waals surface area contributed by atoms with Crippen LogP contribution in [0.4, 0.5) is 0 Å². The summed E-state index contributed by atoms with van der Waals surface area (Å²) >= 11 is 5.81. The van der Waals surface area contributed by atoms with Gasteiger partial charge >= 0.3 is 5.97 Å². The van der Waals surface area contributed by atoms with Crippen LogP contribution in [0.5, 0.6) is 0 Å². The first kappa shape index (κ1) is 19.2. The molecule has 2 amide bonds. The van der Waals surface area contributed by atoms with Crippen LogP contribution in [0.15, 0.2) is 24.3 Å². The molecule has 1 aliphatic carbocycles. The topological polar surface area (TPSA) is 95.5 Å². The molecule has 3 N–H and O–H groups in total. The predicted molar refractivity (Wildman–Crippen MR) is 94.5 cm³/mol. The van der Waals surface area contributed by atoms with Gasteiger partial charge in [0.2, 0.25) is 5.91 Å². The highest BCUT2D eigenvalue weighted by Crippen LogP contribution is 2.25. The highest BCUT2D eigenvalue weighted by atomic mass is 35.5. The number of hydrogen-bond donors (Lipinski definition) is 3. The molecule has 0 bridgehead atoms. The summed E-state index contributed by atoms with van der Waals surface area (Å²) in [6.07, 6.45) is 1.62. The standard InChI is InChI=1S/C18H23ClN2O4/c1-10(2)15(21-16(22)11-3-6-13(19)7-4-11)17(23)20-14-8-5-12(9-14)18(24)25/h3-4,6-7,10,12,14-15H,5,8-9H2,1-2H3,(H,20,23)(H,21,22)(H,24,25)/t12-,14+,15?/m1/s1. The summed E-state index contributed by atoms with van der Waals surface area (Å²) in [4.78, 5) is 35.9. The van der Waals surface area contributed by atoms with E-state index in [1.165, 1.54) is 0 Å². The largest absolute Gasteiger partial charge is 0.481 e. The van der Waals surface area contributed by atoms with Gasteiger partial charge in [-0.25, -0.2) is 0 Å². The number of nitrogens with one attached hydrogen (secondary N) is 2. The quantitative estimate of drug-likeness (QED) is 0.720. The van der Waals surface area contributed by atoms with Crippen molar-refractivity contribution in [1.29, 1.82) is 0 Å². The van der Waals surface area contributed by atoms with E-state index in [1.54, 1.807) is 24.3 Å². The molecule has 1 saturated carbocycles. The monoisotopic (exact) mass is 366 g/mol. The Labute approximate surface area is 151 Å². The summed E-state index contributed by atoms with van der Waals surface area (Å²) in [5.41, 5.74) is 0.426. The lowest BCUT2D eigenvalue weighted by atomic mass is 10.0. The summed E-state index contributed by atoms with van der Waals surface area (Å²) in [5.74, 6) is -1.97. The molecule has 0 saturated heterocycles. The van der Waals surface area contributed by atoms with E-state index in [-0.39, 0.29) is 23.8 Å². The first-order valence-corrected chi connectivity index (χ1v) is 8.75. The maximum Gasteiger partial charge on any atom is 0.306 e. The second-order valence-electron chi connectivity index (χ2n) is 6.76. The van der Waals surface area contributed by atoms with Gasteiger partial charge in [-0.2, -0.15) is 0 Å². The molecule has 136 valence electrons. The highest BCUT2D eigenvalue weighted by Gasteiger charge is 2.33. The van der Waals surface area contributed by atoms with Gasteiger partial charge in [-0.15, -0.1) is 0 Å². The van der Waals surface area contributed by atoms with Crippen molar-refractivity contribution in [2.75, 3.05) is 0 Å². The van der Waals surface area contributed by atoms with Crippen molar-refractivity contribution < 1.29 is 19.5 Å². The van der Waals surface area contributed by atoms with Gasteiger partial charge in [0.1, 0.15) is 6.04 Å². The second-order valence-corrected chi connectivity index (χ2v) is 7.19. The van der Waals surface area contributed by atoms with E-state index < -0.39 is 17.9 Å². The van der Waals surface area contributed by atoms with Gasteiger partial charge in [-0.05, 0) is 49.4 Å². The van der Waals surface area contributed by atoms with E-state index in [9.17, 15) is 14.4 Å². The molecular weight excluding hydrogens is 344 g/mol. The molecule has 1 unspecified atom stereocenters. The number of benzene rings is 1. The average Bonchev–Trinajstić information content (AvgIpc) is 3.01. The Morgan fingerprint density at radius 3 is 2.32 bits per heavy atom. The van der Waals surface area contributed by atoms with E-state index in [2.05, 4.69) is 10.6 Å². The number of carboxylic acid groups (broad SMARTS) is 1. The van der Waals surface area contributed by atoms with Gasteiger partial charge < -0.3 is 15.7 Å². The smallest absolute Gasteiger partial charge is 0.306 e. The molecule has 6 nitrogen and oxygen atoms in total. The number of rotatable bonds is 6. The van der Waals surface area contributed by atoms with Crippen molar-refractivity contribution in [3.63, 3.8) is 0 Å². The lowest BCUT2D eigenvalue weighted by Crippen LogP contribution is -2.51. The molecule has 0 aliphatic heterocycles. The van der Waals surface area contributed by atoms with Crippen molar-refractivity contribution >= 4 is 29.4 Å². The molecule has 0 heterocycles. The summed E-state index contributed by atoms with van der Waals surface area (Å²) < 4.78 is 0. The Kier molecular flexibility index (Phi) is 6.42. The molecule has 0 radical (unpaired) electrons. The zero-order chi connectivity index (χ0) is 18.6. The molecule has 1 fully saturated rings. The molecule has 2 rings (SSSR count). The van der Waals surface area contributed by atoms with E-state index >= 15 is 0 Å². The number of aliphatic carboxylic acids is 1. The normalized spacial score (nSPS) is 21.0. The highest BCUT2D eigenvalue weighted by molar-refractivity contribution is 6.30. The number of carbonyl (C=O) groups excluding carboxylic acids is 2. The molecule has 3 atom stereocenters. The number of amides is 2. The van der Waals surface area contributed by atoms with Crippen LogP contribution in [-0.2, 0) is 9.59 Å². The van der Waals surface area contributed by atoms with Crippen LogP contribution in [0.25, 0.3) is 0 Å². The van der Waals surface area contributed by atoms with Crippen LogP contribution < -0.4 is 10.6 Å². The molecule has 1 aromatic carbocycles. The first-order chi connectivity index (χ1) is 11.8. The Morgan fingerprint density at radius 1 is 1.16 bits per heavy atom. The molecule has 1 aromatic rings. The minimum atomic E-state index is -0.826. The fourth-order valence-electron chi connectivity index (χ4n) is 2.99. The van der Waals surface area contributed by atoms with Crippen LogP contribution >= 0.6 is 11.6 Å². The summed E-state index contributed by atoms with van der Waals surface area (Å²) in [6, 6.07) is 5.58. The Bertz CT molecular complexity index is 645. The average molecular weight is 367 g/mol. The number of hydrogen-bond acceptors (Lipinski definition) is 3. The summed E-state index contributed by atoms with van der Waals surface area (Å²) in [7, 11) is 0. The van der Waals surface area contributed by atoms with Crippen molar-refractivity contribution in [1.82, 2.24) is 10.6 Å². The Balaban J connectivity index is 1.97. The molecular formula is C18H23ClN2O4. The van der Waals surface area contributed by atoms with E-state index in [0.29, 0.717) is 29.8 Å². The minimum absolute atomic E-state index is 0.104. The molecule has 0 aromatic heterocycles. The van der Waals surface area contributed by atoms with Crippen LogP contribution in [0, 0.1) is 11.8 Å². The maximum absolute atomic E-state index is 12.5. The van der Waals surface area contributed by atoms with Crippen molar-refractivity contribution in [2.24, 2.45) is 11.8 Å². The van der Waals surface area contributed by atoms with Crippen LogP contribution in [0.2, 0.25) is 5.02 Å². The lowest BCUT2D eigenvalue weighted by Gasteiger charge is -2.24. The predicted octanol–water partition coefficient (Wildman–Crippen LogP) is 2.46. The van der Waals surface area contributed by atoms with E-state index in [4.69, 9.17) is 16.7 Å². The van der Waals surface area contributed by atoms with Crippen molar-refractivity contribution in [3.8, 4) is 0 Å². The molecule has 1 aliphatic rings.